The number of aryl methyl sites for hydroxylation is 1. The van der Waals surface area contributed by atoms with Crippen molar-refractivity contribution in [3.8, 4) is 5.75 Å². The normalized spacial score (nSPS) is 15.8. The number of nitrogens with one attached hydrogen (secondary N) is 1. The maximum Gasteiger partial charge on any atom is 0.257 e. The van der Waals surface area contributed by atoms with E-state index in [4.69, 9.17) is 10.5 Å². The molecule has 4 nitrogen and oxygen atoms in total. The third kappa shape index (κ3) is 4.85. The van der Waals surface area contributed by atoms with Crippen molar-refractivity contribution >= 4 is 5.91 Å². The van der Waals surface area contributed by atoms with Gasteiger partial charge >= 0.3 is 0 Å². The summed E-state index contributed by atoms with van der Waals surface area (Å²) >= 11 is 0. The van der Waals surface area contributed by atoms with Gasteiger partial charge in [-0.15, -0.1) is 0 Å². The molecule has 2 rings (SSSR count). The second-order valence-electron chi connectivity index (χ2n) is 5.83. The molecule has 110 valence electrons. The Morgan fingerprint density at radius 2 is 2.25 bits per heavy atom. The summed E-state index contributed by atoms with van der Waals surface area (Å²) in [5, 5.41) is 2.90. The van der Waals surface area contributed by atoms with Gasteiger partial charge in [0.2, 0.25) is 0 Å². The zero-order valence-corrected chi connectivity index (χ0v) is 12.3. The van der Waals surface area contributed by atoms with Crippen molar-refractivity contribution in [3.63, 3.8) is 0 Å². The molecule has 20 heavy (non-hydrogen) atoms. The number of hydrogen-bond donors (Lipinski definition) is 2. The monoisotopic (exact) mass is 276 g/mol. The van der Waals surface area contributed by atoms with Crippen LogP contribution in [0.2, 0.25) is 0 Å². The summed E-state index contributed by atoms with van der Waals surface area (Å²) in [4.78, 5) is 11.7. The lowest BCUT2D eigenvalue weighted by atomic mass is 10.0. The predicted octanol–water partition coefficient (Wildman–Crippen LogP) is 1.79. The second kappa shape index (κ2) is 6.75. The number of amides is 1. The van der Waals surface area contributed by atoms with Gasteiger partial charge in [-0.05, 0) is 50.7 Å². The third-order valence-electron chi connectivity index (χ3n) is 3.40. The standard InChI is InChI=1S/C16H24N2O2/c1-11-3-6-15(14(7-11)8-12(2)17)20-10-16(19)18-9-13-4-5-13/h3,6-7,12-13H,4-5,8-10,17H2,1-2H3,(H,18,19). The molecule has 4 heteroatoms. The van der Waals surface area contributed by atoms with Crippen LogP contribution in [0.4, 0.5) is 0 Å². The number of carbonyl (C=O) groups is 1. The van der Waals surface area contributed by atoms with Gasteiger partial charge in [-0.2, -0.15) is 0 Å². The summed E-state index contributed by atoms with van der Waals surface area (Å²) in [6.07, 6.45) is 3.22. The molecule has 0 saturated heterocycles. The van der Waals surface area contributed by atoms with Crippen LogP contribution in [0.3, 0.4) is 0 Å². The number of nitrogens with two attached hydrogens (primary N) is 1. The maximum absolute atomic E-state index is 11.7. The Labute approximate surface area is 120 Å². The van der Waals surface area contributed by atoms with Crippen LogP contribution in [0, 0.1) is 12.8 Å². The van der Waals surface area contributed by atoms with Gasteiger partial charge in [0.25, 0.3) is 5.91 Å². The van der Waals surface area contributed by atoms with E-state index in [2.05, 4.69) is 11.4 Å². The molecular formula is C16H24N2O2. The van der Waals surface area contributed by atoms with Crippen LogP contribution in [-0.2, 0) is 11.2 Å². The largest absolute Gasteiger partial charge is 0.483 e. The summed E-state index contributed by atoms with van der Waals surface area (Å²) < 4.78 is 5.64. The van der Waals surface area contributed by atoms with Gasteiger partial charge in [0, 0.05) is 12.6 Å². The van der Waals surface area contributed by atoms with Crippen molar-refractivity contribution in [1.29, 1.82) is 0 Å². The van der Waals surface area contributed by atoms with Gasteiger partial charge in [-0.3, -0.25) is 4.79 Å². The van der Waals surface area contributed by atoms with Crippen LogP contribution in [0.1, 0.15) is 30.9 Å². The highest BCUT2D eigenvalue weighted by Gasteiger charge is 2.21. The van der Waals surface area contributed by atoms with E-state index in [9.17, 15) is 4.79 Å². The van der Waals surface area contributed by atoms with Gasteiger partial charge in [-0.1, -0.05) is 17.7 Å². The lowest BCUT2D eigenvalue weighted by Gasteiger charge is -2.14. The lowest BCUT2D eigenvalue weighted by molar-refractivity contribution is -0.123. The molecule has 1 amide bonds. The Hall–Kier alpha value is -1.55. The molecule has 0 aromatic heterocycles. The average molecular weight is 276 g/mol. The molecule has 0 aliphatic heterocycles. The van der Waals surface area contributed by atoms with Crippen LogP contribution >= 0.6 is 0 Å². The Kier molecular flexibility index (Phi) is 5.01. The minimum atomic E-state index is -0.0516. The summed E-state index contributed by atoms with van der Waals surface area (Å²) in [5.41, 5.74) is 8.09. The van der Waals surface area contributed by atoms with E-state index in [1.807, 2.05) is 26.0 Å². The Morgan fingerprint density at radius 1 is 1.50 bits per heavy atom. The fourth-order valence-electron chi connectivity index (χ4n) is 2.13. The summed E-state index contributed by atoms with van der Waals surface area (Å²) in [7, 11) is 0. The minimum absolute atomic E-state index is 0.0516. The van der Waals surface area contributed by atoms with E-state index < -0.39 is 0 Å². The highest BCUT2D eigenvalue weighted by molar-refractivity contribution is 5.77. The number of ether oxygens (including phenoxy) is 1. The van der Waals surface area contributed by atoms with Crippen LogP contribution in [0.25, 0.3) is 0 Å². The molecule has 0 heterocycles. The SMILES string of the molecule is Cc1ccc(OCC(=O)NCC2CC2)c(CC(C)N)c1. The van der Waals surface area contributed by atoms with Crippen molar-refractivity contribution in [2.75, 3.05) is 13.2 Å². The molecule has 1 aliphatic carbocycles. The third-order valence-corrected chi connectivity index (χ3v) is 3.40. The zero-order chi connectivity index (χ0) is 14.5. The first kappa shape index (κ1) is 14.9. The average Bonchev–Trinajstić information content (AvgIpc) is 3.18. The van der Waals surface area contributed by atoms with E-state index in [0.29, 0.717) is 5.92 Å². The predicted molar refractivity (Wildman–Crippen MR) is 79.8 cm³/mol. The summed E-state index contributed by atoms with van der Waals surface area (Å²) in [6, 6.07) is 6.05. The number of benzene rings is 1. The molecule has 3 N–H and O–H groups in total. The molecule has 1 saturated carbocycles. The van der Waals surface area contributed by atoms with E-state index in [-0.39, 0.29) is 18.6 Å². The highest BCUT2D eigenvalue weighted by atomic mass is 16.5. The van der Waals surface area contributed by atoms with Crippen LogP contribution in [-0.4, -0.2) is 25.1 Å². The van der Waals surface area contributed by atoms with Gasteiger partial charge in [-0.25, -0.2) is 0 Å². The molecule has 1 aliphatic rings. The van der Waals surface area contributed by atoms with Crippen molar-refractivity contribution in [2.24, 2.45) is 11.7 Å². The van der Waals surface area contributed by atoms with Crippen LogP contribution < -0.4 is 15.8 Å². The minimum Gasteiger partial charge on any atom is -0.483 e. The molecule has 0 radical (unpaired) electrons. The quantitative estimate of drug-likeness (QED) is 0.798. The van der Waals surface area contributed by atoms with Crippen molar-refractivity contribution in [3.05, 3.63) is 29.3 Å². The zero-order valence-electron chi connectivity index (χ0n) is 12.3. The van der Waals surface area contributed by atoms with Crippen LogP contribution in [0.5, 0.6) is 5.75 Å². The fraction of sp³-hybridized carbons (Fsp3) is 0.562. The van der Waals surface area contributed by atoms with E-state index in [0.717, 1.165) is 24.3 Å². The van der Waals surface area contributed by atoms with E-state index >= 15 is 0 Å². The molecule has 1 unspecified atom stereocenters. The number of rotatable bonds is 7. The molecule has 0 spiro atoms. The number of hydrogen-bond acceptors (Lipinski definition) is 3. The first-order valence-corrected chi connectivity index (χ1v) is 7.29. The Balaban J connectivity index is 1.88. The summed E-state index contributed by atoms with van der Waals surface area (Å²) in [6.45, 7) is 4.86. The first-order valence-electron chi connectivity index (χ1n) is 7.29. The Morgan fingerprint density at radius 3 is 2.90 bits per heavy atom. The Bertz CT molecular complexity index is 468. The van der Waals surface area contributed by atoms with Gasteiger partial charge in [0.1, 0.15) is 5.75 Å². The van der Waals surface area contributed by atoms with Crippen molar-refractivity contribution in [1.82, 2.24) is 5.32 Å². The molecule has 0 bridgehead atoms. The first-order chi connectivity index (χ1) is 9.54. The van der Waals surface area contributed by atoms with Gasteiger partial charge in [0.15, 0.2) is 6.61 Å². The highest BCUT2D eigenvalue weighted by Crippen LogP contribution is 2.27. The van der Waals surface area contributed by atoms with E-state index in [1.54, 1.807) is 0 Å². The molecule has 1 atom stereocenters. The second-order valence-corrected chi connectivity index (χ2v) is 5.83. The summed E-state index contributed by atoms with van der Waals surface area (Å²) in [5.74, 6) is 1.39. The van der Waals surface area contributed by atoms with Crippen LogP contribution in [0.15, 0.2) is 18.2 Å². The molecule has 1 aromatic rings. The molecule has 1 fully saturated rings. The smallest absolute Gasteiger partial charge is 0.257 e. The van der Waals surface area contributed by atoms with Crippen molar-refractivity contribution in [2.45, 2.75) is 39.2 Å². The topological polar surface area (TPSA) is 64.3 Å². The lowest BCUT2D eigenvalue weighted by Crippen LogP contribution is -2.30. The van der Waals surface area contributed by atoms with Gasteiger partial charge in [0.05, 0.1) is 0 Å². The molecular weight excluding hydrogens is 252 g/mol. The molecule has 1 aromatic carbocycles. The number of carbonyl (C=O) groups excluding carboxylic acids is 1. The van der Waals surface area contributed by atoms with Crippen molar-refractivity contribution < 1.29 is 9.53 Å². The fourth-order valence-corrected chi connectivity index (χ4v) is 2.13. The van der Waals surface area contributed by atoms with Gasteiger partial charge < -0.3 is 15.8 Å². The van der Waals surface area contributed by atoms with E-state index in [1.165, 1.54) is 18.4 Å². The maximum atomic E-state index is 11.7.